The summed E-state index contributed by atoms with van der Waals surface area (Å²) in [6, 6.07) is 0. The van der Waals surface area contributed by atoms with Crippen LogP contribution in [0.15, 0.2) is 11.1 Å². The zero-order valence-corrected chi connectivity index (χ0v) is 21.5. The van der Waals surface area contributed by atoms with Gasteiger partial charge in [-0.25, -0.2) is 0 Å². The van der Waals surface area contributed by atoms with E-state index in [1.165, 1.54) is 49.7 Å². The van der Waals surface area contributed by atoms with Crippen molar-refractivity contribution in [2.75, 3.05) is 0 Å². The lowest BCUT2D eigenvalue weighted by molar-refractivity contribution is -0.00168. The molecule has 0 aromatic rings. The highest BCUT2D eigenvalue weighted by atomic mass is 16.6. The van der Waals surface area contributed by atoms with E-state index in [0.29, 0.717) is 17.8 Å². The lowest BCUT2D eigenvalue weighted by Gasteiger charge is -2.54. The molecule has 1 heterocycles. The van der Waals surface area contributed by atoms with Crippen molar-refractivity contribution < 1.29 is 14.9 Å². The smallest absolute Gasteiger partial charge is 0.118 e. The van der Waals surface area contributed by atoms with Crippen molar-refractivity contribution in [1.82, 2.24) is 0 Å². The van der Waals surface area contributed by atoms with Crippen molar-refractivity contribution in [3.05, 3.63) is 11.1 Å². The molecule has 10 atom stereocenters. The molecule has 5 aliphatic rings. The van der Waals surface area contributed by atoms with E-state index in [0.717, 1.165) is 42.9 Å². The van der Waals surface area contributed by atoms with Crippen LogP contribution in [0.4, 0.5) is 0 Å². The minimum Gasteiger partial charge on any atom is -0.393 e. The lowest BCUT2D eigenvalue weighted by atomic mass is 9.49. The second-order valence-electron chi connectivity index (χ2n) is 13.2. The van der Waals surface area contributed by atoms with Gasteiger partial charge in [-0.3, -0.25) is 0 Å². The Morgan fingerprint density at radius 3 is 2.47 bits per heavy atom. The first-order valence-corrected chi connectivity index (χ1v) is 13.9. The van der Waals surface area contributed by atoms with E-state index >= 15 is 0 Å². The topological polar surface area (TPSA) is 53.0 Å². The van der Waals surface area contributed by atoms with Crippen LogP contribution >= 0.6 is 0 Å². The molecule has 2 N–H and O–H groups in total. The predicted molar refractivity (Wildman–Crippen MR) is 129 cm³/mol. The number of hydrogen-bond donors (Lipinski definition) is 2. The van der Waals surface area contributed by atoms with E-state index in [2.05, 4.69) is 41.5 Å². The van der Waals surface area contributed by atoms with Gasteiger partial charge in [-0.15, -0.1) is 0 Å². The molecule has 0 aromatic heterocycles. The zero-order chi connectivity index (χ0) is 23.1. The van der Waals surface area contributed by atoms with Crippen LogP contribution in [0.3, 0.4) is 0 Å². The van der Waals surface area contributed by atoms with E-state index in [9.17, 15) is 10.2 Å². The summed E-state index contributed by atoms with van der Waals surface area (Å²) in [5.74, 6) is 3.69. The van der Waals surface area contributed by atoms with E-state index in [-0.39, 0.29) is 23.2 Å². The van der Waals surface area contributed by atoms with Gasteiger partial charge in [0.25, 0.3) is 0 Å². The van der Waals surface area contributed by atoms with Gasteiger partial charge in [0.15, 0.2) is 0 Å². The average Bonchev–Trinajstić information content (AvgIpc) is 3.36. The summed E-state index contributed by atoms with van der Waals surface area (Å²) in [4.78, 5) is 0. The van der Waals surface area contributed by atoms with E-state index in [1.807, 2.05) is 0 Å². The quantitative estimate of drug-likeness (QED) is 0.375. The summed E-state index contributed by atoms with van der Waals surface area (Å²) in [5.41, 5.74) is 2.96. The molecule has 182 valence electrons. The van der Waals surface area contributed by atoms with Crippen molar-refractivity contribution in [2.24, 2.45) is 40.4 Å². The van der Waals surface area contributed by atoms with Gasteiger partial charge in [-0.05, 0) is 85.5 Å². The molecule has 3 heteroatoms. The van der Waals surface area contributed by atoms with E-state index < -0.39 is 6.10 Å². The Labute approximate surface area is 196 Å². The molecule has 2 saturated carbocycles. The highest BCUT2D eigenvalue weighted by Crippen LogP contribution is 2.72. The Bertz CT molecular complexity index is 772. The normalized spacial score (nSPS) is 49.2. The third kappa shape index (κ3) is 3.09. The van der Waals surface area contributed by atoms with Crippen LogP contribution in [-0.2, 0) is 4.74 Å². The molecule has 1 aliphatic heterocycles. The first-order chi connectivity index (χ1) is 15.1. The van der Waals surface area contributed by atoms with Crippen LogP contribution in [0, 0.1) is 40.4 Å². The fraction of sp³-hybridized carbons (Fsp3) is 0.931. The molecule has 0 radical (unpaired) electrons. The third-order valence-corrected chi connectivity index (χ3v) is 11.7. The molecule has 4 aliphatic carbocycles. The number of fused-ring (bicyclic) bond motifs is 3. The van der Waals surface area contributed by atoms with Crippen molar-refractivity contribution in [3.8, 4) is 0 Å². The maximum Gasteiger partial charge on any atom is 0.118 e. The fourth-order valence-electron chi connectivity index (χ4n) is 9.52. The molecule has 1 saturated heterocycles. The van der Waals surface area contributed by atoms with E-state index in [4.69, 9.17) is 4.74 Å². The van der Waals surface area contributed by atoms with Crippen LogP contribution in [0.5, 0.6) is 0 Å². The van der Waals surface area contributed by atoms with E-state index in [1.54, 1.807) is 0 Å². The minimum atomic E-state index is -0.451. The number of hydrogen-bond acceptors (Lipinski definition) is 3. The van der Waals surface area contributed by atoms with Crippen molar-refractivity contribution >= 4 is 0 Å². The summed E-state index contributed by atoms with van der Waals surface area (Å²) in [5, 5.41) is 21.9. The molecule has 0 aromatic carbocycles. The van der Waals surface area contributed by atoms with Crippen LogP contribution in [0.1, 0.15) is 106 Å². The molecule has 1 spiro atoms. The van der Waals surface area contributed by atoms with Crippen LogP contribution in [0.2, 0.25) is 0 Å². The van der Waals surface area contributed by atoms with Crippen LogP contribution in [-0.4, -0.2) is 34.1 Å². The monoisotopic (exact) mass is 444 g/mol. The van der Waals surface area contributed by atoms with Gasteiger partial charge < -0.3 is 14.9 Å². The molecule has 3 nitrogen and oxygen atoms in total. The average molecular weight is 445 g/mol. The summed E-state index contributed by atoms with van der Waals surface area (Å²) < 4.78 is 6.35. The third-order valence-electron chi connectivity index (χ3n) is 11.7. The predicted octanol–water partition coefficient (Wildman–Crippen LogP) is 6.27. The van der Waals surface area contributed by atoms with Gasteiger partial charge in [0.1, 0.15) is 17.8 Å². The minimum absolute atomic E-state index is 0.0160. The van der Waals surface area contributed by atoms with Crippen LogP contribution < -0.4 is 0 Å². The SMILES string of the molecule is CC[C@H](CCC(C)[C@H]1CCC2C3=C(CC[C@@]21C)[C@@]1(C)CC[C@H](O)CC12OC2C3O)C(C)C. The molecular weight excluding hydrogens is 396 g/mol. The number of rotatable bonds is 6. The highest BCUT2D eigenvalue weighted by molar-refractivity contribution is 5.45. The van der Waals surface area contributed by atoms with Gasteiger partial charge in [0, 0.05) is 11.8 Å². The lowest BCUT2D eigenvalue weighted by Crippen LogP contribution is -2.55. The van der Waals surface area contributed by atoms with Gasteiger partial charge in [-0.2, -0.15) is 0 Å². The first kappa shape index (κ1) is 23.4. The van der Waals surface area contributed by atoms with Crippen molar-refractivity contribution in [3.63, 3.8) is 0 Å². The standard InChI is InChI=1S/C29H48O3/c1-7-19(17(2)3)9-8-18(4)21-10-11-22-24-23(13-14-27(21,22)5)28(6)15-12-20(30)16-29(28)26(32-29)25(24)31/h17-22,25-26,30-31H,7-16H2,1-6H3/t18?,19-,20+,21-,22?,25?,26?,27-,28-,29?/m1/s1. The molecule has 5 rings (SSSR count). The molecule has 5 unspecified atom stereocenters. The second-order valence-corrected chi connectivity index (χ2v) is 13.2. The largest absolute Gasteiger partial charge is 0.393 e. The molecular formula is C29H48O3. The summed E-state index contributed by atoms with van der Waals surface area (Å²) in [7, 11) is 0. The van der Waals surface area contributed by atoms with Gasteiger partial charge in [0.2, 0.25) is 0 Å². The molecule has 3 fully saturated rings. The Balaban J connectivity index is 1.39. The molecule has 0 amide bonds. The summed E-state index contributed by atoms with van der Waals surface area (Å²) in [6.45, 7) is 14.6. The Morgan fingerprint density at radius 2 is 1.78 bits per heavy atom. The Kier molecular flexibility index (Phi) is 5.71. The first-order valence-electron chi connectivity index (χ1n) is 13.9. The number of epoxide rings is 1. The summed E-state index contributed by atoms with van der Waals surface area (Å²) >= 11 is 0. The molecule has 0 bridgehead atoms. The zero-order valence-electron chi connectivity index (χ0n) is 21.5. The number of aliphatic hydroxyl groups is 2. The maximum absolute atomic E-state index is 11.5. The fourth-order valence-corrected chi connectivity index (χ4v) is 9.52. The summed E-state index contributed by atoms with van der Waals surface area (Å²) in [6.07, 6.45) is 10.7. The molecule has 32 heavy (non-hydrogen) atoms. The van der Waals surface area contributed by atoms with Gasteiger partial charge in [0.05, 0.1) is 6.10 Å². The second kappa shape index (κ2) is 7.82. The van der Waals surface area contributed by atoms with Gasteiger partial charge >= 0.3 is 0 Å². The Hall–Kier alpha value is -0.380. The van der Waals surface area contributed by atoms with Crippen LogP contribution in [0.25, 0.3) is 0 Å². The highest BCUT2D eigenvalue weighted by Gasteiger charge is 2.76. The van der Waals surface area contributed by atoms with Crippen molar-refractivity contribution in [1.29, 1.82) is 0 Å². The van der Waals surface area contributed by atoms with Crippen molar-refractivity contribution in [2.45, 2.75) is 130 Å². The van der Waals surface area contributed by atoms with Gasteiger partial charge in [-0.1, -0.05) is 60.0 Å². The number of aliphatic hydroxyl groups excluding tert-OH is 2. The Morgan fingerprint density at radius 1 is 1.03 bits per heavy atom. The maximum atomic E-state index is 11.5. The number of ether oxygens (including phenoxy) is 1.